The van der Waals surface area contributed by atoms with Crippen LogP contribution in [0.4, 0.5) is 23.7 Å². The molecule has 5 nitrogen and oxygen atoms in total. The summed E-state index contributed by atoms with van der Waals surface area (Å²) >= 11 is 0. The third-order valence-electron chi connectivity index (χ3n) is 6.11. The summed E-state index contributed by atoms with van der Waals surface area (Å²) in [5.41, 5.74) is 1.49. The number of carbonyl (C=O) groups is 2. The zero-order valence-corrected chi connectivity index (χ0v) is 20.6. The van der Waals surface area contributed by atoms with Crippen LogP contribution < -0.4 is 10.1 Å². The molecule has 0 saturated carbocycles. The number of hydrogen-bond donors (Lipinski definition) is 1. The number of rotatable bonds is 5. The van der Waals surface area contributed by atoms with E-state index in [2.05, 4.69) is 10.3 Å². The Bertz CT molecular complexity index is 1680. The number of para-hydroxylation sites is 1. The molecule has 4 aromatic carbocycles. The van der Waals surface area contributed by atoms with Crippen molar-refractivity contribution in [3.05, 3.63) is 126 Å². The number of amides is 1. The van der Waals surface area contributed by atoms with Crippen LogP contribution in [-0.4, -0.2) is 16.9 Å². The van der Waals surface area contributed by atoms with Crippen LogP contribution in [0.25, 0.3) is 22.0 Å². The minimum absolute atomic E-state index is 0.120. The molecule has 8 heteroatoms. The first-order valence-corrected chi connectivity index (χ1v) is 12.0. The Kier molecular flexibility index (Phi) is 6.85. The summed E-state index contributed by atoms with van der Waals surface area (Å²) in [6.07, 6.45) is -4.22. The van der Waals surface area contributed by atoms with Gasteiger partial charge in [0.25, 0.3) is 0 Å². The first kappa shape index (κ1) is 25.7. The number of anilines is 1. The van der Waals surface area contributed by atoms with Crippen LogP contribution in [0.1, 0.15) is 27.0 Å². The maximum atomic E-state index is 13.8. The standard InChI is InChI=1S/C31H21F3N2O3/c1-19-13-15-22(16-14-19)36-30(38)39-23-10-5-9-21(17-23)27-24-11-6-12-26(31(32,33)34)28(24)35-18-25(27)29(37)20-7-3-2-4-8-20/h2-18H,1H3,(H,36,38). The molecule has 0 bridgehead atoms. The molecular formula is C31H21F3N2O3. The maximum Gasteiger partial charge on any atom is 0.418 e. The Labute approximate surface area is 221 Å². The van der Waals surface area contributed by atoms with E-state index in [1.54, 1.807) is 60.7 Å². The fraction of sp³-hybridized carbons (Fsp3) is 0.0645. The Morgan fingerprint density at radius 1 is 0.846 bits per heavy atom. The number of halogens is 3. The number of aromatic nitrogens is 1. The molecule has 0 aliphatic carbocycles. The van der Waals surface area contributed by atoms with Crippen molar-refractivity contribution in [2.45, 2.75) is 13.1 Å². The van der Waals surface area contributed by atoms with Crippen molar-refractivity contribution < 1.29 is 27.5 Å². The van der Waals surface area contributed by atoms with E-state index in [0.29, 0.717) is 16.8 Å². The number of nitrogens with one attached hydrogen (secondary N) is 1. The monoisotopic (exact) mass is 526 g/mol. The molecule has 0 aliphatic rings. The second-order valence-corrected chi connectivity index (χ2v) is 8.85. The topological polar surface area (TPSA) is 68.3 Å². The smallest absolute Gasteiger partial charge is 0.410 e. The zero-order chi connectivity index (χ0) is 27.6. The van der Waals surface area contributed by atoms with Gasteiger partial charge in [-0.25, -0.2) is 4.79 Å². The summed E-state index contributed by atoms with van der Waals surface area (Å²) in [7, 11) is 0. The van der Waals surface area contributed by atoms with E-state index in [9.17, 15) is 22.8 Å². The van der Waals surface area contributed by atoms with Gasteiger partial charge in [0.1, 0.15) is 5.75 Å². The number of hydrogen-bond acceptors (Lipinski definition) is 4. The van der Waals surface area contributed by atoms with Crippen LogP contribution in [0.15, 0.2) is 103 Å². The van der Waals surface area contributed by atoms with Gasteiger partial charge in [-0.05, 0) is 42.8 Å². The van der Waals surface area contributed by atoms with Crippen LogP contribution in [0, 0.1) is 6.92 Å². The van der Waals surface area contributed by atoms with E-state index in [1.807, 2.05) is 19.1 Å². The number of aryl methyl sites for hydroxylation is 1. The molecule has 1 aromatic heterocycles. The lowest BCUT2D eigenvalue weighted by Crippen LogP contribution is -2.16. The van der Waals surface area contributed by atoms with Crippen LogP contribution in [0.2, 0.25) is 0 Å². The number of ketones is 1. The lowest BCUT2D eigenvalue weighted by molar-refractivity contribution is -0.136. The number of alkyl halides is 3. The van der Waals surface area contributed by atoms with E-state index >= 15 is 0 Å². The molecule has 1 N–H and O–H groups in total. The Balaban J connectivity index is 1.60. The van der Waals surface area contributed by atoms with Crippen LogP contribution >= 0.6 is 0 Å². The second-order valence-electron chi connectivity index (χ2n) is 8.85. The van der Waals surface area contributed by atoms with Crippen LogP contribution in [0.5, 0.6) is 5.75 Å². The van der Waals surface area contributed by atoms with Crippen LogP contribution in [-0.2, 0) is 6.18 Å². The highest BCUT2D eigenvalue weighted by Crippen LogP contribution is 2.39. The van der Waals surface area contributed by atoms with Crippen molar-refractivity contribution in [3.63, 3.8) is 0 Å². The number of pyridine rings is 1. The molecule has 39 heavy (non-hydrogen) atoms. The molecule has 0 atom stereocenters. The zero-order valence-electron chi connectivity index (χ0n) is 20.6. The summed E-state index contributed by atoms with van der Waals surface area (Å²) in [5, 5.41) is 2.78. The highest BCUT2D eigenvalue weighted by Gasteiger charge is 2.34. The van der Waals surface area contributed by atoms with E-state index in [0.717, 1.165) is 11.6 Å². The van der Waals surface area contributed by atoms with Gasteiger partial charge in [-0.3, -0.25) is 15.1 Å². The Hall–Kier alpha value is -4.98. The highest BCUT2D eigenvalue weighted by molar-refractivity contribution is 6.16. The summed E-state index contributed by atoms with van der Waals surface area (Å²) in [5.74, 6) is -0.256. The van der Waals surface area contributed by atoms with Crippen molar-refractivity contribution in [2.24, 2.45) is 0 Å². The molecule has 0 fully saturated rings. The molecular weight excluding hydrogens is 505 g/mol. The maximum absolute atomic E-state index is 13.8. The van der Waals surface area contributed by atoms with Gasteiger partial charge in [-0.1, -0.05) is 72.3 Å². The van der Waals surface area contributed by atoms with Crippen molar-refractivity contribution in [2.75, 3.05) is 5.32 Å². The number of benzene rings is 4. The van der Waals surface area contributed by atoms with Gasteiger partial charge >= 0.3 is 12.3 Å². The minimum Gasteiger partial charge on any atom is -0.410 e. The van der Waals surface area contributed by atoms with Gasteiger partial charge < -0.3 is 4.74 Å². The highest BCUT2D eigenvalue weighted by atomic mass is 19.4. The van der Waals surface area contributed by atoms with Crippen molar-refractivity contribution in [1.82, 2.24) is 4.98 Å². The molecule has 0 aliphatic heterocycles. The molecule has 5 aromatic rings. The normalized spacial score (nSPS) is 11.3. The molecule has 0 spiro atoms. The van der Waals surface area contributed by atoms with E-state index in [1.165, 1.54) is 24.4 Å². The van der Waals surface area contributed by atoms with Gasteiger partial charge in [0.15, 0.2) is 5.78 Å². The molecule has 1 amide bonds. The van der Waals surface area contributed by atoms with Crippen molar-refractivity contribution in [1.29, 1.82) is 0 Å². The summed E-state index contributed by atoms with van der Waals surface area (Å²) in [6, 6.07) is 25.6. The van der Waals surface area contributed by atoms with Gasteiger partial charge in [-0.15, -0.1) is 0 Å². The predicted octanol–water partition coefficient (Wildman–Crippen LogP) is 8.07. The van der Waals surface area contributed by atoms with Gasteiger partial charge in [-0.2, -0.15) is 13.2 Å². The average Bonchev–Trinajstić information content (AvgIpc) is 2.93. The lowest BCUT2D eigenvalue weighted by atomic mass is 9.91. The largest absolute Gasteiger partial charge is 0.418 e. The second kappa shape index (κ2) is 10.4. The molecule has 0 unspecified atom stereocenters. The fourth-order valence-corrected chi connectivity index (χ4v) is 4.28. The molecule has 5 rings (SSSR count). The van der Waals surface area contributed by atoms with Gasteiger partial charge in [0.05, 0.1) is 11.1 Å². The van der Waals surface area contributed by atoms with Crippen LogP contribution in [0.3, 0.4) is 0 Å². The minimum atomic E-state index is -4.65. The lowest BCUT2D eigenvalue weighted by Gasteiger charge is -2.16. The first-order chi connectivity index (χ1) is 18.7. The van der Waals surface area contributed by atoms with E-state index in [-0.39, 0.29) is 27.8 Å². The number of carbonyl (C=O) groups excluding carboxylic acids is 2. The van der Waals surface area contributed by atoms with E-state index < -0.39 is 23.6 Å². The molecule has 0 radical (unpaired) electrons. The average molecular weight is 527 g/mol. The van der Waals surface area contributed by atoms with Gasteiger partial charge in [0, 0.05) is 34.0 Å². The quantitative estimate of drug-likeness (QED) is 0.235. The number of fused-ring (bicyclic) bond motifs is 1. The summed E-state index contributed by atoms with van der Waals surface area (Å²) in [6.45, 7) is 1.92. The third kappa shape index (κ3) is 5.50. The summed E-state index contributed by atoms with van der Waals surface area (Å²) < 4.78 is 46.9. The van der Waals surface area contributed by atoms with E-state index in [4.69, 9.17) is 4.74 Å². The van der Waals surface area contributed by atoms with Gasteiger partial charge in [0.2, 0.25) is 0 Å². The number of ether oxygens (including phenoxy) is 1. The number of nitrogens with zero attached hydrogens (tertiary/aromatic N) is 1. The van der Waals surface area contributed by atoms with Crippen molar-refractivity contribution in [3.8, 4) is 16.9 Å². The van der Waals surface area contributed by atoms with Crippen molar-refractivity contribution >= 4 is 28.5 Å². The summed E-state index contributed by atoms with van der Waals surface area (Å²) in [4.78, 5) is 30.1. The SMILES string of the molecule is Cc1ccc(NC(=O)Oc2cccc(-c3c(C(=O)c4ccccc4)cnc4c(C(F)(F)F)cccc34)c2)cc1. The first-order valence-electron chi connectivity index (χ1n) is 12.0. The third-order valence-corrected chi connectivity index (χ3v) is 6.11. The molecule has 194 valence electrons. The fourth-order valence-electron chi connectivity index (χ4n) is 4.28. The Morgan fingerprint density at radius 2 is 1.56 bits per heavy atom. The Morgan fingerprint density at radius 3 is 2.28 bits per heavy atom. The molecule has 0 saturated heterocycles. The predicted molar refractivity (Wildman–Crippen MR) is 143 cm³/mol. The molecule has 1 heterocycles.